The van der Waals surface area contributed by atoms with Crippen molar-refractivity contribution in [1.82, 2.24) is 4.90 Å². The van der Waals surface area contributed by atoms with Crippen molar-refractivity contribution in [2.45, 2.75) is 16.7 Å². The summed E-state index contributed by atoms with van der Waals surface area (Å²) in [5, 5.41) is 2.92. The fraction of sp³-hybridized carbons (Fsp3) is 0.294. The predicted octanol–water partition coefficient (Wildman–Crippen LogP) is 3.54. The molecule has 0 aliphatic heterocycles. The number of hydrogen-bond donors (Lipinski definition) is 1. The molecule has 1 atom stereocenters. The van der Waals surface area contributed by atoms with Gasteiger partial charge < -0.3 is 10.2 Å². The molecule has 0 bridgehead atoms. The van der Waals surface area contributed by atoms with E-state index in [-0.39, 0.29) is 24.1 Å². The van der Waals surface area contributed by atoms with Crippen LogP contribution in [-0.4, -0.2) is 39.7 Å². The third kappa shape index (κ3) is 4.52. The summed E-state index contributed by atoms with van der Waals surface area (Å²) in [6.07, 6.45) is 0. The summed E-state index contributed by atoms with van der Waals surface area (Å²) in [7, 11) is -1.07. The molecule has 0 heterocycles. The van der Waals surface area contributed by atoms with Crippen molar-refractivity contribution in [3.63, 3.8) is 0 Å². The predicted molar refractivity (Wildman–Crippen MR) is 90.9 cm³/mol. The second kappa shape index (κ2) is 7.88. The van der Waals surface area contributed by atoms with Crippen LogP contribution in [0.2, 0.25) is 0 Å². The number of nitrogens with one attached hydrogen (secondary N) is 1. The average Bonchev–Trinajstić information content (AvgIpc) is 2.56. The van der Waals surface area contributed by atoms with Crippen LogP contribution in [0.4, 0.5) is 18.9 Å². The topological polar surface area (TPSA) is 49.4 Å². The molecule has 1 unspecified atom stereocenters. The SMILES string of the molecule is CN(C)C(CNc1ccccc1S(=O)(=O)C(F)F)c1ccc(F)cc1. The van der Waals surface area contributed by atoms with Gasteiger partial charge in [-0.05, 0) is 43.9 Å². The van der Waals surface area contributed by atoms with E-state index >= 15 is 0 Å². The first-order valence-corrected chi connectivity index (χ1v) is 9.05. The van der Waals surface area contributed by atoms with Crippen LogP contribution in [-0.2, 0) is 9.84 Å². The number of para-hydroxylation sites is 1. The Morgan fingerprint density at radius 3 is 2.20 bits per heavy atom. The lowest BCUT2D eigenvalue weighted by Crippen LogP contribution is -2.27. The van der Waals surface area contributed by atoms with Crippen molar-refractivity contribution in [1.29, 1.82) is 0 Å². The van der Waals surface area contributed by atoms with Crippen LogP contribution in [0, 0.1) is 5.82 Å². The normalized spacial score (nSPS) is 13.2. The summed E-state index contributed by atoms with van der Waals surface area (Å²) in [5.74, 6) is -3.85. The lowest BCUT2D eigenvalue weighted by atomic mass is 10.1. The van der Waals surface area contributed by atoms with Gasteiger partial charge in [0.1, 0.15) is 5.82 Å². The molecule has 4 nitrogen and oxygen atoms in total. The first kappa shape index (κ1) is 19.3. The third-order valence-electron chi connectivity index (χ3n) is 3.79. The van der Waals surface area contributed by atoms with Gasteiger partial charge in [-0.2, -0.15) is 8.78 Å². The van der Waals surface area contributed by atoms with Crippen LogP contribution >= 0.6 is 0 Å². The molecule has 0 fully saturated rings. The molecule has 0 aromatic heterocycles. The fourth-order valence-corrected chi connectivity index (χ4v) is 3.35. The van der Waals surface area contributed by atoms with E-state index < -0.39 is 20.5 Å². The van der Waals surface area contributed by atoms with Gasteiger partial charge in [-0.3, -0.25) is 0 Å². The van der Waals surface area contributed by atoms with Gasteiger partial charge in [0.05, 0.1) is 16.6 Å². The number of halogens is 3. The van der Waals surface area contributed by atoms with E-state index in [4.69, 9.17) is 0 Å². The molecule has 2 aromatic carbocycles. The van der Waals surface area contributed by atoms with Crippen molar-refractivity contribution in [3.05, 3.63) is 59.9 Å². The molecule has 2 aromatic rings. The number of benzene rings is 2. The Hall–Kier alpha value is -2.06. The van der Waals surface area contributed by atoms with Gasteiger partial charge in [-0.1, -0.05) is 24.3 Å². The summed E-state index contributed by atoms with van der Waals surface area (Å²) >= 11 is 0. The smallest absolute Gasteiger partial charge is 0.341 e. The number of rotatable bonds is 7. The zero-order valence-electron chi connectivity index (χ0n) is 13.8. The Kier molecular flexibility index (Phi) is 6.07. The van der Waals surface area contributed by atoms with Crippen LogP contribution in [0.5, 0.6) is 0 Å². The standard InChI is InChI=1S/C17H19F3N2O2S/c1-22(2)15(12-7-9-13(18)10-8-12)11-21-14-5-3-4-6-16(14)25(23,24)17(19)20/h3-10,15,17,21H,11H2,1-2H3. The Balaban J connectivity index is 2.26. The second-order valence-corrected chi connectivity index (χ2v) is 7.60. The Labute approximate surface area is 145 Å². The zero-order chi connectivity index (χ0) is 18.6. The van der Waals surface area contributed by atoms with E-state index in [0.717, 1.165) is 11.6 Å². The molecule has 25 heavy (non-hydrogen) atoms. The molecule has 0 spiro atoms. The van der Waals surface area contributed by atoms with E-state index in [1.165, 1.54) is 24.3 Å². The molecule has 0 amide bonds. The summed E-state index contributed by atoms with van der Waals surface area (Å²) in [6, 6.07) is 11.3. The molecule has 0 aliphatic carbocycles. The minimum atomic E-state index is -4.70. The minimum absolute atomic E-state index is 0.108. The lowest BCUT2D eigenvalue weighted by Gasteiger charge is -2.26. The van der Waals surface area contributed by atoms with E-state index in [1.807, 2.05) is 19.0 Å². The van der Waals surface area contributed by atoms with Crippen LogP contribution in [0.3, 0.4) is 0 Å². The van der Waals surface area contributed by atoms with Gasteiger partial charge in [-0.15, -0.1) is 0 Å². The highest BCUT2D eigenvalue weighted by Crippen LogP contribution is 2.27. The first-order chi connectivity index (χ1) is 11.7. The molecule has 0 radical (unpaired) electrons. The van der Waals surface area contributed by atoms with Crippen LogP contribution in [0.25, 0.3) is 0 Å². The van der Waals surface area contributed by atoms with E-state index in [1.54, 1.807) is 18.2 Å². The Morgan fingerprint density at radius 1 is 1.04 bits per heavy atom. The molecule has 1 N–H and O–H groups in total. The number of anilines is 1. The van der Waals surface area contributed by atoms with Crippen LogP contribution in [0.15, 0.2) is 53.4 Å². The van der Waals surface area contributed by atoms with Gasteiger partial charge >= 0.3 is 5.76 Å². The Morgan fingerprint density at radius 2 is 1.64 bits per heavy atom. The third-order valence-corrected chi connectivity index (χ3v) is 5.23. The molecule has 8 heteroatoms. The number of likely N-dealkylation sites (N-methyl/N-ethyl adjacent to an activating group) is 1. The first-order valence-electron chi connectivity index (χ1n) is 7.50. The molecule has 0 aliphatic rings. The quantitative estimate of drug-likeness (QED) is 0.808. The molecule has 0 saturated heterocycles. The van der Waals surface area contributed by atoms with Gasteiger partial charge in [0.2, 0.25) is 9.84 Å². The lowest BCUT2D eigenvalue weighted by molar-refractivity contribution is 0.235. The molecular formula is C17H19F3N2O2S. The fourth-order valence-electron chi connectivity index (χ4n) is 2.45. The summed E-state index contributed by atoms with van der Waals surface area (Å²) in [6.45, 7) is 0.258. The van der Waals surface area contributed by atoms with Crippen molar-refractivity contribution >= 4 is 15.5 Å². The summed E-state index contributed by atoms with van der Waals surface area (Å²) in [5.41, 5.74) is 0.921. The van der Waals surface area contributed by atoms with Crippen molar-refractivity contribution in [3.8, 4) is 0 Å². The van der Waals surface area contributed by atoms with Crippen LogP contribution in [0.1, 0.15) is 11.6 Å². The van der Waals surface area contributed by atoms with E-state index in [2.05, 4.69) is 5.32 Å². The maximum atomic E-state index is 13.1. The molecular weight excluding hydrogens is 353 g/mol. The van der Waals surface area contributed by atoms with Crippen molar-refractivity contribution in [2.24, 2.45) is 0 Å². The summed E-state index contributed by atoms with van der Waals surface area (Å²) in [4.78, 5) is 1.42. The van der Waals surface area contributed by atoms with Gasteiger partial charge in [0, 0.05) is 6.54 Å². The second-order valence-electron chi connectivity index (χ2n) is 5.71. The Bertz CT molecular complexity index is 809. The zero-order valence-corrected chi connectivity index (χ0v) is 14.6. The van der Waals surface area contributed by atoms with Gasteiger partial charge in [0.15, 0.2) is 0 Å². The number of hydrogen-bond acceptors (Lipinski definition) is 4. The van der Waals surface area contributed by atoms with Crippen LogP contribution < -0.4 is 5.32 Å². The average molecular weight is 372 g/mol. The van der Waals surface area contributed by atoms with Crippen molar-refractivity contribution < 1.29 is 21.6 Å². The minimum Gasteiger partial charge on any atom is -0.382 e. The van der Waals surface area contributed by atoms with Gasteiger partial charge in [-0.25, -0.2) is 12.8 Å². The number of alkyl halides is 2. The summed E-state index contributed by atoms with van der Waals surface area (Å²) < 4.78 is 62.4. The molecule has 2 rings (SSSR count). The highest BCUT2D eigenvalue weighted by atomic mass is 32.2. The number of sulfone groups is 1. The molecule has 0 saturated carbocycles. The monoisotopic (exact) mass is 372 g/mol. The van der Waals surface area contributed by atoms with Crippen molar-refractivity contribution in [2.75, 3.05) is 26.0 Å². The van der Waals surface area contributed by atoms with E-state index in [9.17, 15) is 21.6 Å². The molecule has 136 valence electrons. The highest BCUT2D eigenvalue weighted by molar-refractivity contribution is 7.91. The maximum absolute atomic E-state index is 13.1. The highest BCUT2D eigenvalue weighted by Gasteiger charge is 2.29. The van der Waals surface area contributed by atoms with E-state index in [0.29, 0.717) is 0 Å². The maximum Gasteiger partial charge on any atom is 0.341 e. The van der Waals surface area contributed by atoms with Gasteiger partial charge in [0.25, 0.3) is 0 Å². The number of nitrogens with zero attached hydrogens (tertiary/aromatic N) is 1. The largest absolute Gasteiger partial charge is 0.382 e.